The van der Waals surface area contributed by atoms with Gasteiger partial charge in [-0.3, -0.25) is 14.4 Å². The molecule has 2 amide bonds. The molecule has 0 radical (unpaired) electrons. The number of hydrogen-bond acceptors (Lipinski definition) is 4. The van der Waals surface area contributed by atoms with Crippen LogP contribution in [0, 0.1) is 11.8 Å². The van der Waals surface area contributed by atoms with E-state index in [1.807, 2.05) is 17.5 Å². The monoisotopic (exact) mass is 401 g/mol. The number of carbonyl (C=O) groups is 3. The highest BCUT2D eigenvalue weighted by Gasteiger charge is 2.68. The number of ketones is 1. The van der Waals surface area contributed by atoms with Gasteiger partial charge >= 0.3 is 0 Å². The SMILES string of the molecule is O=C(c1cccs1)[C@@H]1[C@@H]2C(=O)N(c3ccc(Cl)cc3)C(=O)[C@@H]2[C@H]2CCC[NH+]21. The van der Waals surface area contributed by atoms with Crippen LogP contribution in [0.4, 0.5) is 5.69 Å². The third-order valence-corrected chi connectivity index (χ3v) is 7.31. The molecule has 5 nitrogen and oxygen atoms in total. The number of hydrogen-bond donors (Lipinski definition) is 1. The van der Waals surface area contributed by atoms with Gasteiger partial charge in [-0.1, -0.05) is 17.7 Å². The maximum absolute atomic E-state index is 13.3. The van der Waals surface area contributed by atoms with Crippen molar-refractivity contribution in [3.05, 3.63) is 51.7 Å². The summed E-state index contributed by atoms with van der Waals surface area (Å²) in [5.74, 6) is -1.39. The lowest BCUT2D eigenvalue weighted by Crippen LogP contribution is -3.16. The molecule has 3 fully saturated rings. The average molecular weight is 402 g/mol. The first-order valence-electron chi connectivity index (χ1n) is 9.14. The zero-order valence-corrected chi connectivity index (χ0v) is 16.0. The first-order chi connectivity index (χ1) is 13.1. The van der Waals surface area contributed by atoms with Crippen LogP contribution >= 0.6 is 22.9 Å². The fourth-order valence-corrected chi connectivity index (χ4v) is 5.99. The minimum Gasteiger partial charge on any atom is -0.322 e. The topological polar surface area (TPSA) is 58.9 Å². The Morgan fingerprint density at radius 1 is 1.11 bits per heavy atom. The minimum absolute atomic E-state index is 0.00138. The molecule has 0 saturated carbocycles. The van der Waals surface area contributed by atoms with Crippen LogP contribution < -0.4 is 9.80 Å². The van der Waals surface area contributed by atoms with Crippen molar-refractivity contribution in [3.63, 3.8) is 0 Å². The quantitative estimate of drug-likeness (QED) is 0.630. The largest absolute Gasteiger partial charge is 0.322 e. The maximum atomic E-state index is 13.3. The second-order valence-electron chi connectivity index (χ2n) is 7.43. The van der Waals surface area contributed by atoms with Crippen molar-refractivity contribution in [1.29, 1.82) is 0 Å². The van der Waals surface area contributed by atoms with Crippen molar-refractivity contribution in [3.8, 4) is 0 Å². The molecule has 5 rings (SSSR count). The van der Waals surface area contributed by atoms with Gasteiger partial charge in [0.1, 0.15) is 17.9 Å². The van der Waals surface area contributed by atoms with Gasteiger partial charge in [-0.25, -0.2) is 4.90 Å². The third-order valence-electron chi connectivity index (χ3n) is 6.18. The number of nitrogens with zero attached hydrogens (tertiary/aromatic N) is 1. The number of imide groups is 1. The van der Waals surface area contributed by atoms with E-state index in [2.05, 4.69) is 0 Å². The number of Topliss-reactive ketones (excluding diaryl/α,β-unsaturated/α-hetero) is 1. The molecule has 3 aliphatic heterocycles. The molecule has 0 aliphatic carbocycles. The molecule has 1 aromatic carbocycles. The van der Waals surface area contributed by atoms with Crippen molar-refractivity contribution in [2.45, 2.75) is 24.9 Å². The molecule has 3 saturated heterocycles. The molecule has 2 aromatic rings. The molecule has 138 valence electrons. The molecular weight excluding hydrogens is 384 g/mol. The summed E-state index contributed by atoms with van der Waals surface area (Å²) in [6.07, 6.45) is 1.87. The van der Waals surface area contributed by atoms with Crippen LogP contribution in [0.5, 0.6) is 0 Å². The predicted octanol–water partition coefficient (Wildman–Crippen LogP) is 1.82. The molecule has 0 bridgehead atoms. The first-order valence-corrected chi connectivity index (χ1v) is 10.4. The zero-order chi connectivity index (χ0) is 18.7. The second-order valence-corrected chi connectivity index (χ2v) is 8.82. The van der Waals surface area contributed by atoms with Crippen molar-refractivity contribution >= 4 is 46.2 Å². The highest BCUT2D eigenvalue weighted by Crippen LogP contribution is 2.40. The number of nitrogens with one attached hydrogen (secondary N) is 1. The predicted molar refractivity (Wildman–Crippen MR) is 102 cm³/mol. The maximum Gasteiger partial charge on any atom is 0.244 e. The molecule has 4 heterocycles. The summed E-state index contributed by atoms with van der Waals surface area (Å²) in [6.45, 7) is 0.848. The summed E-state index contributed by atoms with van der Waals surface area (Å²) >= 11 is 7.35. The van der Waals surface area contributed by atoms with Crippen LogP contribution in [0.25, 0.3) is 0 Å². The summed E-state index contributed by atoms with van der Waals surface area (Å²) in [4.78, 5) is 42.8. The number of quaternary nitrogens is 1. The lowest BCUT2D eigenvalue weighted by atomic mass is 9.86. The third kappa shape index (κ3) is 2.43. The van der Waals surface area contributed by atoms with E-state index >= 15 is 0 Å². The highest BCUT2D eigenvalue weighted by molar-refractivity contribution is 7.12. The van der Waals surface area contributed by atoms with E-state index in [0.29, 0.717) is 15.6 Å². The van der Waals surface area contributed by atoms with Gasteiger partial charge in [0.15, 0.2) is 6.04 Å². The van der Waals surface area contributed by atoms with Gasteiger partial charge in [0.2, 0.25) is 17.6 Å². The van der Waals surface area contributed by atoms with E-state index < -0.39 is 17.9 Å². The number of amides is 2. The van der Waals surface area contributed by atoms with Crippen LogP contribution in [0.2, 0.25) is 5.02 Å². The number of rotatable bonds is 3. The Hall–Kier alpha value is -2.02. The van der Waals surface area contributed by atoms with E-state index in [1.54, 1.807) is 24.3 Å². The Labute approximate surface area is 165 Å². The fourth-order valence-electron chi connectivity index (χ4n) is 5.16. The molecule has 3 aliphatic rings. The number of benzene rings is 1. The van der Waals surface area contributed by atoms with E-state index in [1.165, 1.54) is 16.2 Å². The first kappa shape index (κ1) is 17.1. The Morgan fingerprint density at radius 3 is 2.56 bits per heavy atom. The van der Waals surface area contributed by atoms with Crippen LogP contribution in [0.15, 0.2) is 41.8 Å². The zero-order valence-electron chi connectivity index (χ0n) is 14.4. The number of anilines is 1. The van der Waals surface area contributed by atoms with Crippen molar-refractivity contribution in [1.82, 2.24) is 0 Å². The van der Waals surface area contributed by atoms with Crippen LogP contribution in [-0.4, -0.2) is 36.2 Å². The Balaban J connectivity index is 1.56. The van der Waals surface area contributed by atoms with Crippen molar-refractivity contribution < 1.29 is 19.3 Å². The normalized spacial score (nSPS) is 32.0. The van der Waals surface area contributed by atoms with E-state index in [0.717, 1.165) is 24.3 Å². The Kier molecular flexibility index (Phi) is 3.96. The molecule has 7 heteroatoms. The fraction of sp³-hybridized carbons (Fsp3) is 0.350. The molecule has 27 heavy (non-hydrogen) atoms. The summed E-state index contributed by atoms with van der Waals surface area (Å²) in [5.41, 5.74) is 0.533. The van der Waals surface area contributed by atoms with Crippen LogP contribution in [0.1, 0.15) is 22.5 Å². The molecule has 1 N–H and O–H groups in total. The summed E-state index contributed by atoms with van der Waals surface area (Å²) in [5, 5.41) is 2.42. The Morgan fingerprint density at radius 2 is 1.85 bits per heavy atom. The highest BCUT2D eigenvalue weighted by atomic mass is 35.5. The van der Waals surface area contributed by atoms with Crippen LogP contribution in [0.3, 0.4) is 0 Å². The van der Waals surface area contributed by atoms with E-state index in [4.69, 9.17) is 11.6 Å². The van der Waals surface area contributed by atoms with Gasteiger partial charge in [-0.15, -0.1) is 11.3 Å². The average Bonchev–Trinajstić information content (AvgIpc) is 3.41. The van der Waals surface area contributed by atoms with E-state index in [9.17, 15) is 14.4 Å². The van der Waals surface area contributed by atoms with Gasteiger partial charge in [-0.2, -0.15) is 0 Å². The minimum atomic E-state index is -0.567. The summed E-state index contributed by atoms with van der Waals surface area (Å²) in [6, 6.07) is 9.97. The van der Waals surface area contributed by atoms with Gasteiger partial charge in [0.05, 0.1) is 17.1 Å². The summed E-state index contributed by atoms with van der Waals surface area (Å²) in [7, 11) is 0. The molecular formula is C20H18ClN2O3S+. The van der Waals surface area contributed by atoms with Gasteiger partial charge in [0, 0.05) is 17.9 Å². The lowest BCUT2D eigenvalue weighted by molar-refractivity contribution is -0.915. The lowest BCUT2D eigenvalue weighted by Gasteiger charge is -2.25. The number of halogens is 1. The standard InChI is InChI=1S/C20H17ClN2O3S/c21-11-5-7-12(8-6-11)23-19(25)15-13-3-1-9-22(13)17(16(15)20(23)26)18(24)14-4-2-10-27-14/h2,4-8,10,13,15-17H,1,3,9H2/p+1/t13-,15-,16-,17+/m1/s1. The summed E-state index contributed by atoms with van der Waals surface area (Å²) < 4.78 is 0. The molecule has 1 aromatic heterocycles. The molecule has 5 atom stereocenters. The second kappa shape index (κ2) is 6.26. The number of thiophene rings is 1. The van der Waals surface area contributed by atoms with Gasteiger partial charge in [-0.05, 0) is 35.7 Å². The van der Waals surface area contributed by atoms with Gasteiger partial charge in [0.25, 0.3) is 0 Å². The number of carbonyl (C=O) groups excluding carboxylic acids is 3. The Bertz CT molecular complexity index is 927. The smallest absolute Gasteiger partial charge is 0.244 e. The number of fused-ring (bicyclic) bond motifs is 3. The van der Waals surface area contributed by atoms with Crippen LogP contribution in [-0.2, 0) is 9.59 Å². The van der Waals surface area contributed by atoms with E-state index in [-0.39, 0.29) is 23.6 Å². The van der Waals surface area contributed by atoms with Gasteiger partial charge < -0.3 is 4.90 Å². The van der Waals surface area contributed by atoms with Crippen molar-refractivity contribution in [2.24, 2.45) is 11.8 Å². The molecule has 0 spiro atoms. The molecule has 1 unspecified atom stereocenters. The van der Waals surface area contributed by atoms with Crippen molar-refractivity contribution in [2.75, 3.05) is 11.4 Å².